The Morgan fingerprint density at radius 3 is 2.36 bits per heavy atom. The summed E-state index contributed by atoms with van der Waals surface area (Å²) in [5, 5.41) is 0. The van der Waals surface area contributed by atoms with Crippen LogP contribution in [0.25, 0.3) is 11.6 Å². The Hall–Kier alpha value is -2.93. The quantitative estimate of drug-likeness (QED) is 0.722. The van der Waals surface area contributed by atoms with Crippen LogP contribution in [0.5, 0.6) is 0 Å². The lowest BCUT2D eigenvalue weighted by Gasteiger charge is -2.37. The number of rotatable bonds is 4. The van der Waals surface area contributed by atoms with E-state index in [0.717, 1.165) is 83.1 Å². The van der Waals surface area contributed by atoms with E-state index in [1.54, 1.807) is 0 Å². The zero-order valence-electron chi connectivity index (χ0n) is 19.4. The number of fused-ring (bicyclic) bond motifs is 1. The highest BCUT2D eigenvalue weighted by Crippen LogP contribution is 2.37. The smallest absolute Gasteiger partial charge is 0.225 e. The van der Waals surface area contributed by atoms with Crippen molar-refractivity contribution in [1.82, 2.24) is 19.8 Å². The third-order valence-electron chi connectivity index (χ3n) is 7.53. The van der Waals surface area contributed by atoms with Gasteiger partial charge in [0.15, 0.2) is 0 Å². The molecule has 2 aliphatic carbocycles. The van der Waals surface area contributed by atoms with Crippen molar-refractivity contribution in [3.8, 4) is 0 Å². The van der Waals surface area contributed by atoms with Crippen LogP contribution in [0, 0.1) is 5.92 Å². The van der Waals surface area contributed by atoms with Crippen molar-refractivity contribution in [3.63, 3.8) is 0 Å². The fourth-order valence-corrected chi connectivity index (χ4v) is 5.22. The number of pyridine rings is 2. The number of allylic oxidation sites excluding steroid dienone is 1. The number of aromatic nitrogens is 2. The van der Waals surface area contributed by atoms with Crippen LogP contribution in [0.1, 0.15) is 29.7 Å². The van der Waals surface area contributed by atoms with Crippen molar-refractivity contribution in [2.24, 2.45) is 5.92 Å². The molecule has 2 aromatic heterocycles. The lowest BCUT2D eigenvalue weighted by molar-refractivity contribution is -0.132. The molecule has 33 heavy (non-hydrogen) atoms. The van der Waals surface area contributed by atoms with Crippen LogP contribution in [0.3, 0.4) is 0 Å². The summed E-state index contributed by atoms with van der Waals surface area (Å²) in [4.78, 5) is 31.1. The van der Waals surface area contributed by atoms with Crippen LogP contribution in [0.2, 0.25) is 0 Å². The average molecular weight is 445 g/mol. The summed E-state index contributed by atoms with van der Waals surface area (Å²) in [6, 6.07) is 6.50. The molecule has 2 aromatic rings. The maximum Gasteiger partial charge on any atom is 0.225 e. The number of hydrogen-bond donors (Lipinski definition) is 0. The highest BCUT2D eigenvalue weighted by Gasteiger charge is 2.35. The molecule has 0 aromatic carbocycles. The van der Waals surface area contributed by atoms with Crippen LogP contribution in [-0.4, -0.2) is 85.1 Å². The minimum Gasteiger partial charge on any atom is -0.367 e. The maximum atomic E-state index is 12.4. The predicted molar refractivity (Wildman–Crippen MR) is 131 cm³/mol. The lowest BCUT2D eigenvalue weighted by Crippen LogP contribution is -2.49. The average Bonchev–Trinajstić information content (AvgIpc) is 3.62. The van der Waals surface area contributed by atoms with E-state index in [0.29, 0.717) is 11.8 Å². The topological polar surface area (TPSA) is 55.8 Å². The second-order valence-corrected chi connectivity index (χ2v) is 9.82. The molecule has 7 nitrogen and oxygen atoms in total. The first-order valence-electron chi connectivity index (χ1n) is 12.3. The van der Waals surface area contributed by atoms with E-state index in [1.807, 2.05) is 12.4 Å². The fraction of sp³-hybridized carbons (Fsp3) is 0.500. The molecule has 0 bridgehead atoms. The SMILES string of the molecule is CN1CCN(c2ccc(C3=Cc4c(N5CCN(C(=O)C6CC6)CC5)ccnc4C3)cn2)CC1. The van der Waals surface area contributed by atoms with Crippen molar-refractivity contribution in [2.45, 2.75) is 19.3 Å². The van der Waals surface area contributed by atoms with Crippen LogP contribution in [0.4, 0.5) is 11.5 Å². The van der Waals surface area contributed by atoms with Gasteiger partial charge in [-0.2, -0.15) is 0 Å². The predicted octanol–water partition coefficient (Wildman–Crippen LogP) is 2.38. The van der Waals surface area contributed by atoms with Gasteiger partial charge in [-0.15, -0.1) is 0 Å². The Labute approximate surface area is 195 Å². The summed E-state index contributed by atoms with van der Waals surface area (Å²) in [7, 11) is 2.17. The monoisotopic (exact) mass is 444 g/mol. The second kappa shape index (κ2) is 8.45. The van der Waals surface area contributed by atoms with Gasteiger partial charge in [0, 0.05) is 88.3 Å². The Balaban J connectivity index is 1.16. The number of amides is 1. The lowest BCUT2D eigenvalue weighted by atomic mass is 10.1. The van der Waals surface area contributed by atoms with Crippen molar-refractivity contribution in [2.75, 3.05) is 69.2 Å². The van der Waals surface area contributed by atoms with Gasteiger partial charge in [-0.1, -0.05) is 0 Å². The standard InChI is InChI=1S/C26H32N6O/c1-29-8-10-31(11-9-29)25-5-4-20(18-28-25)21-16-22-23(17-21)27-7-6-24(22)30-12-14-32(15-13-30)26(33)19-2-3-19/h4-7,16,18-19H,2-3,8-15,17H2,1H3. The summed E-state index contributed by atoms with van der Waals surface area (Å²) < 4.78 is 0. The Bertz CT molecular complexity index is 1060. The molecule has 4 aliphatic rings. The highest BCUT2D eigenvalue weighted by molar-refractivity contribution is 5.92. The Kier molecular flexibility index (Phi) is 5.29. The Morgan fingerprint density at radius 2 is 1.67 bits per heavy atom. The van der Waals surface area contributed by atoms with E-state index >= 15 is 0 Å². The van der Waals surface area contributed by atoms with E-state index in [1.165, 1.54) is 22.4 Å². The normalized spacial score (nSPS) is 21.2. The van der Waals surface area contributed by atoms with Gasteiger partial charge in [-0.05, 0) is 55.3 Å². The molecule has 0 unspecified atom stereocenters. The molecular weight excluding hydrogens is 412 g/mol. The van der Waals surface area contributed by atoms with Crippen molar-refractivity contribution < 1.29 is 4.79 Å². The molecule has 1 saturated carbocycles. The summed E-state index contributed by atoms with van der Waals surface area (Å²) in [5.41, 5.74) is 6.08. The summed E-state index contributed by atoms with van der Waals surface area (Å²) in [6.45, 7) is 7.65. The molecule has 0 radical (unpaired) electrons. The molecule has 1 amide bonds. The van der Waals surface area contributed by atoms with E-state index in [4.69, 9.17) is 4.98 Å². The largest absolute Gasteiger partial charge is 0.367 e. The van der Waals surface area contributed by atoms with Gasteiger partial charge in [0.1, 0.15) is 5.82 Å². The summed E-state index contributed by atoms with van der Waals surface area (Å²) in [5.74, 6) is 1.74. The molecular formula is C26H32N6O. The van der Waals surface area contributed by atoms with Crippen LogP contribution in [-0.2, 0) is 11.2 Å². The summed E-state index contributed by atoms with van der Waals surface area (Å²) in [6.07, 6.45) is 9.25. The molecule has 0 atom stereocenters. The minimum atomic E-state index is 0.309. The number of piperazine rings is 2. The second-order valence-electron chi connectivity index (χ2n) is 9.82. The summed E-state index contributed by atoms with van der Waals surface area (Å²) >= 11 is 0. The van der Waals surface area contributed by atoms with Crippen molar-refractivity contribution >= 4 is 29.1 Å². The molecule has 172 valence electrons. The molecule has 3 fully saturated rings. The van der Waals surface area contributed by atoms with Crippen molar-refractivity contribution in [3.05, 3.63) is 47.4 Å². The van der Waals surface area contributed by atoms with Gasteiger partial charge in [0.2, 0.25) is 5.91 Å². The Morgan fingerprint density at radius 1 is 0.909 bits per heavy atom. The van der Waals surface area contributed by atoms with Crippen LogP contribution in [0.15, 0.2) is 30.6 Å². The molecule has 0 spiro atoms. The van der Waals surface area contributed by atoms with Gasteiger partial charge in [-0.25, -0.2) is 4.98 Å². The van der Waals surface area contributed by atoms with Crippen molar-refractivity contribution in [1.29, 1.82) is 0 Å². The number of nitrogens with zero attached hydrogens (tertiary/aromatic N) is 6. The van der Waals surface area contributed by atoms with Gasteiger partial charge >= 0.3 is 0 Å². The van der Waals surface area contributed by atoms with E-state index in [2.05, 4.69) is 55.9 Å². The number of anilines is 2. The number of carbonyl (C=O) groups excluding carboxylic acids is 1. The van der Waals surface area contributed by atoms with Gasteiger partial charge < -0.3 is 19.6 Å². The first-order chi connectivity index (χ1) is 16.2. The molecule has 0 N–H and O–H groups in total. The zero-order chi connectivity index (χ0) is 22.4. The molecule has 4 heterocycles. The fourth-order valence-electron chi connectivity index (χ4n) is 5.22. The van der Waals surface area contributed by atoms with E-state index in [9.17, 15) is 4.79 Å². The zero-order valence-corrected chi connectivity index (χ0v) is 19.4. The molecule has 7 heteroatoms. The highest BCUT2D eigenvalue weighted by atomic mass is 16.2. The number of hydrogen-bond acceptors (Lipinski definition) is 6. The van der Waals surface area contributed by atoms with Gasteiger partial charge in [0.05, 0.1) is 5.69 Å². The maximum absolute atomic E-state index is 12.4. The molecule has 2 saturated heterocycles. The third-order valence-corrected chi connectivity index (χ3v) is 7.53. The third kappa shape index (κ3) is 4.10. The minimum absolute atomic E-state index is 0.309. The number of likely N-dealkylation sites (N-methyl/N-ethyl adjacent to an activating group) is 1. The van der Waals surface area contributed by atoms with Crippen LogP contribution >= 0.6 is 0 Å². The van der Waals surface area contributed by atoms with Gasteiger partial charge in [0.25, 0.3) is 0 Å². The molecule has 6 rings (SSSR count). The van der Waals surface area contributed by atoms with Gasteiger partial charge in [-0.3, -0.25) is 9.78 Å². The first-order valence-corrected chi connectivity index (χ1v) is 12.3. The van der Waals surface area contributed by atoms with E-state index < -0.39 is 0 Å². The van der Waals surface area contributed by atoms with E-state index in [-0.39, 0.29) is 0 Å². The first kappa shape index (κ1) is 20.7. The van der Waals surface area contributed by atoms with Crippen LogP contribution < -0.4 is 9.80 Å². The molecule has 2 aliphatic heterocycles. The number of carbonyl (C=O) groups is 1.